The fraction of sp³-hybridized carbons (Fsp3) is 0.118. The maximum atomic E-state index is 13.4. The molecule has 3 aromatic heterocycles. The van der Waals surface area contributed by atoms with Crippen molar-refractivity contribution in [1.82, 2.24) is 19.1 Å². The highest BCUT2D eigenvalue weighted by Crippen LogP contribution is 2.25. The van der Waals surface area contributed by atoms with Gasteiger partial charge in [0.1, 0.15) is 7.85 Å². The summed E-state index contributed by atoms with van der Waals surface area (Å²) in [6.45, 7) is 1.69. The number of fused-ring (bicyclic) bond motifs is 3. The Morgan fingerprint density at radius 2 is 2.00 bits per heavy atom. The number of benzene rings is 1. The van der Waals surface area contributed by atoms with Gasteiger partial charge in [-0.15, -0.1) is 0 Å². The van der Waals surface area contributed by atoms with Crippen LogP contribution in [0.4, 0.5) is 4.39 Å². The first-order chi connectivity index (χ1) is 11.5. The van der Waals surface area contributed by atoms with Gasteiger partial charge < -0.3 is 0 Å². The maximum Gasteiger partial charge on any atom is 0.333 e. The molecule has 0 radical (unpaired) electrons. The molecule has 0 saturated heterocycles. The van der Waals surface area contributed by atoms with E-state index in [4.69, 9.17) is 0 Å². The molecule has 0 atom stereocenters. The molecule has 0 aliphatic carbocycles. The van der Waals surface area contributed by atoms with Crippen molar-refractivity contribution in [3.05, 3.63) is 58.7 Å². The van der Waals surface area contributed by atoms with Gasteiger partial charge in [0.15, 0.2) is 0 Å². The van der Waals surface area contributed by atoms with Gasteiger partial charge in [-0.1, -0.05) is 17.6 Å². The van der Waals surface area contributed by atoms with Crippen molar-refractivity contribution in [3.63, 3.8) is 0 Å². The topological polar surface area (TPSA) is 52.7 Å². The molecule has 0 spiro atoms. The van der Waals surface area contributed by atoms with Crippen LogP contribution in [-0.4, -0.2) is 26.9 Å². The summed E-state index contributed by atoms with van der Waals surface area (Å²) in [7, 11) is 3.70. The van der Waals surface area contributed by atoms with E-state index in [1.807, 2.05) is 26.0 Å². The molecule has 118 valence electrons. The Hall–Kier alpha value is -2.96. The molecule has 4 rings (SSSR count). The lowest BCUT2D eigenvalue weighted by atomic mass is 9.94. The predicted octanol–water partition coefficient (Wildman–Crippen LogP) is 0.978. The quantitative estimate of drug-likeness (QED) is 0.388. The molecular formula is C17H14BFN4O. The fourth-order valence-electron chi connectivity index (χ4n) is 3.09. The minimum Gasteiger partial charge on any atom is -0.293 e. The van der Waals surface area contributed by atoms with Crippen LogP contribution in [0.3, 0.4) is 0 Å². The third-order valence-electron chi connectivity index (χ3n) is 4.30. The van der Waals surface area contributed by atoms with Crippen LogP contribution in [0, 0.1) is 12.9 Å². The van der Waals surface area contributed by atoms with E-state index in [1.165, 1.54) is 6.07 Å². The molecule has 0 amide bonds. The first kappa shape index (κ1) is 14.6. The molecule has 7 heteroatoms. The monoisotopic (exact) mass is 320 g/mol. The van der Waals surface area contributed by atoms with Gasteiger partial charge in [0, 0.05) is 12.4 Å². The number of imidazole rings is 1. The smallest absolute Gasteiger partial charge is 0.293 e. The minimum atomic E-state index is -0.563. The highest BCUT2D eigenvalue weighted by atomic mass is 19.1. The van der Waals surface area contributed by atoms with Crippen molar-refractivity contribution in [2.24, 2.45) is 7.05 Å². The van der Waals surface area contributed by atoms with E-state index in [9.17, 15) is 9.18 Å². The first-order valence-corrected chi connectivity index (χ1v) is 7.57. The molecule has 0 aliphatic rings. The molecule has 0 bridgehead atoms. The number of hydrogen-bond donors (Lipinski definition) is 0. The summed E-state index contributed by atoms with van der Waals surface area (Å²) in [4.78, 5) is 21.1. The van der Waals surface area contributed by atoms with Gasteiger partial charge in [-0.05, 0) is 25.1 Å². The average Bonchev–Trinajstić information content (AvgIpc) is 2.80. The van der Waals surface area contributed by atoms with Crippen LogP contribution in [0.25, 0.3) is 27.6 Å². The zero-order valence-electron chi connectivity index (χ0n) is 13.5. The Kier molecular flexibility index (Phi) is 3.06. The third kappa shape index (κ3) is 1.97. The third-order valence-corrected chi connectivity index (χ3v) is 4.30. The first-order valence-electron chi connectivity index (χ1n) is 7.57. The van der Waals surface area contributed by atoms with Crippen LogP contribution in [0.1, 0.15) is 5.69 Å². The number of pyridine rings is 2. The molecule has 0 fully saturated rings. The molecule has 0 saturated carbocycles. The molecule has 3 heterocycles. The summed E-state index contributed by atoms with van der Waals surface area (Å²) in [6.07, 6.45) is 1.69. The fourth-order valence-corrected chi connectivity index (χ4v) is 3.09. The second-order valence-electron chi connectivity index (χ2n) is 5.93. The summed E-state index contributed by atoms with van der Waals surface area (Å²) in [6, 6.07) is 8.77. The lowest BCUT2D eigenvalue weighted by Gasteiger charge is -2.08. The van der Waals surface area contributed by atoms with Crippen molar-refractivity contribution < 1.29 is 4.39 Å². The van der Waals surface area contributed by atoms with Crippen LogP contribution in [-0.2, 0) is 7.05 Å². The van der Waals surface area contributed by atoms with Crippen molar-refractivity contribution in [2.75, 3.05) is 0 Å². The summed E-state index contributed by atoms with van der Waals surface area (Å²) >= 11 is 0. The molecule has 5 nitrogen and oxygen atoms in total. The summed E-state index contributed by atoms with van der Waals surface area (Å²) in [5, 5.41) is 0.883. The van der Waals surface area contributed by atoms with Crippen molar-refractivity contribution in [3.8, 4) is 5.69 Å². The Bertz CT molecular complexity index is 1180. The van der Waals surface area contributed by atoms with Crippen LogP contribution in [0.15, 0.2) is 41.3 Å². The Labute approximate surface area is 137 Å². The van der Waals surface area contributed by atoms with Gasteiger partial charge in [0.25, 0.3) is 0 Å². The van der Waals surface area contributed by atoms with E-state index < -0.39 is 5.95 Å². The summed E-state index contributed by atoms with van der Waals surface area (Å²) in [5.41, 5.74) is 4.18. The van der Waals surface area contributed by atoms with E-state index in [-0.39, 0.29) is 5.69 Å². The van der Waals surface area contributed by atoms with Gasteiger partial charge in [0.05, 0.1) is 34.1 Å². The number of halogens is 1. The SMILES string of the molecule is Bc1ccc2ncc3c(c2c1)n(-c1ccc(F)nc1C)c(=O)n3C. The highest BCUT2D eigenvalue weighted by molar-refractivity contribution is 6.33. The number of rotatable bonds is 1. The standard InChI is InChI=1S/C17H14BFN4O/c1-9-13(5-6-15(19)21-9)23-16-11-7-10(18)3-4-12(11)20-8-14(16)22(2)17(23)24/h3-8H,18H2,1-2H3. The minimum absolute atomic E-state index is 0.211. The summed E-state index contributed by atoms with van der Waals surface area (Å²) in [5.74, 6) is -0.563. The maximum absolute atomic E-state index is 13.4. The molecule has 0 aliphatic heterocycles. The van der Waals surface area contributed by atoms with Crippen LogP contribution in [0.2, 0.25) is 0 Å². The van der Waals surface area contributed by atoms with E-state index in [0.717, 1.165) is 27.4 Å². The molecule has 1 aromatic carbocycles. The zero-order chi connectivity index (χ0) is 17.0. The van der Waals surface area contributed by atoms with E-state index >= 15 is 0 Å². The van der Waals surface area contributed by atoms with Crippen LogP contribution < -0.4 is 11.2 Å². The molecular weight excluding hydrogens is 306 g/mol. The number of aromatic nitrogens is 4. The van der Waals surface area contributed by atoms with Gasteiger partial charge in [-0.25, -0.2) is 9.78 Å². The largest absolute Gasteiger partial charge is 0.333 e. The lowest BCUT2D eigenvalue weighted by molar-refractivity contribution is 0.579. The molecule has 0 unspecified atom stereocenters. The van der Waals surface area contributed by atoms with Crippen LogP contribution >= 0.6 is 0 Å². The molecule has 4 aromatic rings. The van der Waals surface area contributed by atoms with E-state index in [2.05, 4.69) is 9.97 Å². The van der Waals surface area contributed by atoms with Gasteiger partial charge in [0.2, 0.25) is 5.95 Å². The second-order valence-corrected chi connectivity index (χ2v) is 5.93. The lowest BCUT2D eigenvalue weighted by Crippen LogP contribution is -2.21. The van der Waals surface area contributed by atoms with Gasteiger partial charge in [-0.2, -0.15) is 4.39 Å². The number of aryl methyl sites for hydroxylation is 2. The average molecular weight is 320 g/mol. The molecule has 24 heavy (non-hydrogen) atoms. The predicted molar refractivity (Wildman–Crippen MR) is 94.5 cm³/mol. The van der Waals surface area contributed by atoms with Gasteiger partial charge >= 0.3 is 5.69 Å². The van der Waals surface area contributed by atoms with Crippen molar-refractivity contribution in [2.45, 2.75) is 6.92 Å². The van der Waals surface area contributed by atoms with Crippen molar-refractivity contribution >= 4 is 35.2 Å². The highest BCUT2D eigenvalue weighted by Gasteiger charge is 2.17. The zero-order valence-corrected chi connectivity index (χ0v) is 13.5. The van der Waals surface area contributed by atoms with E-state index in [0.29, 0.717) is 11.4 Å². The van der Waals surface area contributed by atoms with Crippen LogP contribution in [0.5, 0.6) is 0 Å². The molecule has 0 N–H and O–H groups in total. The summed E-state index contributed by atoms with van der Waals surface area (Å²) < 4.78 is 16.5. The number of nitrogens with zero attached hydrogens (tertiary/aromatic N) is 4. The number of hydrogen-bond acceptors (Lipinski definition) is 3. The normalized spacial score (nSPS) is 11.5. The second kappa shape index (κ2) is 5.02. The Balaban J connectivity index is 2.24. The van der Waals surface area contributed by atoms with Crippen molar-refractivity contribution in [1.29, 1.82) is 0 Å². The Morgan fingerprint density at radius 3 is 2.75 bits per heavy atom. The van der Waals surface area contributed by atoms with E-state index in [1.54, 1.807) is 35.4 Å². The van der Waals surface area contributed by atoms with Gasteiger partial charge in [-0.3, -0.25) is 14.1 Å². The Morgan fingerprint density at radius 1 is 1.21 bits per heavy atom.